The number of hydrogen-bond donors (Lipinski definition) is 1. The van der Waals surface area contributed by atoms with Gasteiger partial charge >= 0.3 is 5.97 Å². The van der Waals surface area contributed by atoms with Gasteiger partial charge in [0.15, 0.2) is 5.60 Å². The van der Waals surface area contributed by atoms with Gasteiger partial charge in [0.05, 0.1) is 0 Å². The van der Waals surface area contributed by atoms with Gasteiger partial charge in [-0.3, -0.25) is 4.79 Å². The molecule has 0 radical (unpaired) electrons. The number of amides is 1. The van der Waals surface area contributed by atoms with Crippen LogP contribution in [0, 0.1) is 0 Å². The molecule has 29 heavy (non-hydrogen) atoms. The Morgan fingerprint density at radius 1 is 1.10 bits per heavy atom. The highest BCUT2D eigenvalue weighted by molar-refractivity contribution is 8.01. The van der Waals surface area contributed by atoms with Crippen LogP contribution in [0.15, 0.2) is 54.6 Å². The van der Waals surface area contributed by atoms with Crippen LogP contribution >= 0.6 is 23.4 Å². The number of carbonyl (C=O) groups excluding carboxylic acids is 1. The summed E-state index contributed by atoms with van der Waals surface area (Å²) in [6, 6.07) is 15.2. The Kier molecular flexibility index (Phi) is 5.88. The van der Waals surface area contributed by atoms with Crippen molar-refractivity contribution in [2.24, 2.45) is 0 Å². The lowest BCUT2D eigenvalue weighted by molar-refractivity contribution is -0.158. The van der Waals surface area contributed by atoms with Crippen LogP contribution < -0.4 is 4.74 Å². The van der Waals surface area contributed by atoms with Crippen molar-refractivity contribution in [1.29, 1.82) is 0 Å². The predicted molar refractivity (Wildman–Crippen MR) is 115 cm³/mol. The highest BCUT2D eigenvalue weighted by atomic mass is 35.5. The molecule has 2 atom stereocenters. The van der Waals surface area contributed by atoms with E-state index in [1.165, 1.54) is 16.7 Å². The van der Waals surface area contributed by atoms with Gasteiger partial charge < -0.3 is 14.7 Å². The molecule has 0 aliphatic carbocycles. The summed E-state index contributed by atoms with van der Waals surface area (Å²) in [7, 11) is 0. The second-order valence-electron chi connectivity index (χ2n) is 8.00. The Labute approximate surface area is 180 Å². The van der Waals surface area contributed by atoms with Crippen LogP contribution in [-0.2, 0) is 9.59 Å². The molecule has 0 spiro atoms. The molecular weight excluding hydrogens is 410 g/mol. The average molecular weight is 434 g/mol. The fourth-order valence-electron chi connectivity index (χ4n) is 3.52. The molecule has 0 aromatic heterocycles. The smallest absolute Gasteiger partial charge is 0.327 e. The summed E-state index contributed by atoms with van der Waals surface area (Å²) < 4.78 is 5.29. The van der Waals surface area contributed by atoms with Crippen LogP contribution in [0.5, 0.6) is 5.75 Å². The fraction of sp³-hybridized carbons (Fsp3) is 0.364. The van der Waals surface area contributed by atoms with Crippen LogP contribution in [0.3, 0.4) is 0 Å². The third-order valence-corrected chi connectivity index (χ3v) is 6.66. The highest BCUT2D eigenvalue weighted by Crippen LogP contribution is 2.53. The summed E-state index contributed by atoms with van der Waals surface area (Å²) in [4.78, 5) is 27.2. The minimum absolute atomic E-state index is 0.383. The molecule has 1 aliphatic rings. The van der Waals surface area contributed by atoms with Crippen LogP contribution in [0.4, 0.5) is 0 Å². The molecule has 1 aliphatic heterocycles. The van der Waals surface area contributed by atoms with E-state index in [0.717, 1.165) is 5.56 Å². The van der Waals surface area contributed by atoms with Gasteiger partial charge in [0, 0.05) is 9.77 Å². The van der Waals surface area contributed by atoms with E-state index in [1.807, 2.05) is 44.2 Å². The maximum atomic E-state index is 13.6. The van der Waals surface area contributed by atoms with Gasteiger partial charge in [0.1, 0.15) is 17.2 Å². The quantitative estimate of drug-likeness (QED) is 0.718. The SMILES string of the molecule is CC(C)(Oc1ccc(Cl)cc1)C(=O)N1C(C(=O)O)C(C)(C)S[C@H]1c1ccccc1. The van der Waals surface area contributed by atoms with E-state index < -0.39 is 27.7 Å². The predicted octanol–water partition coefficient (Wildman–Crippen LogP) is 5.00. The van der Waals surface area contributed by atoms with Crippen LogP contribution in [0.2, 0.25) is 5.02 Å². The third-order valence-electron chi connectivity index (χ3n) is 4.86. The van der Waals surface area contributed by atoms with Crippen LogP contribution in [0.25, 0.3) is 0 Å². The number of carbonyl (C=O) groups is 2. The molecule has 2 aromatic rings. The molecule has 1 N–H and O–H groups in total. The maximum Gasteiger partial charge on any atom is 0.327 e. The van der Waals surface area contributed by atoms with E-state index in [2.05, 4.69) is 0 Å². The Hall–Kier alpha value is -2.18. The number of rotatable bonds is 5. The summed E-state index contributed by atoms with van der Waals surface area (Å²) in [6.45, 7) is 7.02. The van der Waals surface area contributed by atoms with Crippen molar-refractivity contribution in [3.8, 4) is 5.75 Å². The summed E-state index contributed by atoms with van der Waals surface area (Å²) in [5.74, 6) is -0.926. The Morgan fingerprint density at radius 2 is 1.69 bits per heavy atom. The first kappa shape index (κ1) is 21.5. The standard InChI is InChI=1S/C22H24ClNO4S/c1-21(2,28-16-12-10-15(23)11-13-16)20(27)24-17(19(25)26)22(3,4)29-18(24)14-8-6-5-7-9-14/h5-13,17-18H,1-4H3,(H,25,26)/t17?,18-/m0/s1. The first-order chi connectivity index (χ1) is 13.5. The number of benzene rings is 2. The van der Waals surface area contributed by atoms with Gasteiger partial charge in [-0.25, -0.2) is 4.79 Å². The lowest BCUT2D eigenvalue weighted by Gasteiger charge is -2.36. The zero-order chi connectivity index (χ0) is 21.4. The minimum atomic E-state index is -1.27. The summed E-state index contributed by atoms with van der Waals surface area (Å²) in [5, 5.41) is 10.1. The number of ether oxygens (including phenoxy) is 1. The zero-order valence-corrected chi connectivity index (χ0v) is 18.3. The summed E-state index contributed by atoms with van der Waals surface area (Å²) in [5.41, 5.74) is -0.389. The van der Waals surface area contributed by atoms with Gasteiger partial charge in [-0.05, 0) is 57.5 Å². The molecule has 1 fully saturated rings. The Morgan fingerprint density at radius 3 is 2.24 bits per heavy atom. The normalized spacial score (nSPS) is 21.1. The molecule has 0 bridgehead atoms. The molecule has 154 valence electrons. The van der Waals surface area contributed by atoms with Gasteiger partial charge in [-0.1, -0.05) is 41.9 Å². The number of hydrogen-bond acceptors (Lipinski definition) is 4. The van der Waals surface area contributed by atoms with Crippen molar-refractivity contribution in [1.82, 2.24) is 4.90 Å². The van der Waals surface area contributed by atoms with Crippen molar-refractivity contribution in [2.45, 2.75) is 49.5 Å². The minimum Gasteiger partial charge on any atom is -0.480 e. The van der Waals surface area contributed by atoms with E-state index in [0.29, 0.717) is 10.8 Å². The van der Waals surface area contributed by atoms with Crippen molar-refractivity contribution in [2.75, 3.05) is 0 Å². The largest absolute Gasteiger partial charge is 0.480 e. The monoisotopic (exact) mass is 433 g/mol. The molecule has 7 heteroatoms. The molecule has 1 unspecified atom stereocenters. The van der Waals surface area contributed by atoms with Crippen molar-refractivity contribution in [3.63, 3.8) is 0 Å². The van der Waals surface area contributed by atoms with Gasteiger partial charge in [0.25, 0.3) is 5.91 Å². The third kappa shape index (κ3) is 4.38. The Bertz CT molecular complexity index is 899. The molecule has 0 saturated carbocycles. The number of halogens is 1. The second kappa shape index (κ2) is 7.92. The van der Waals surface area contributed by atoms with Crippen molar-refractivity contribution >= 4 is 35.2 Å². The topological polar surface area (TPSA) is 66.8 Å². The van der Waals surface area contributed by atoms with Gasteiger partial charge in [-0.2, -0.15) is 0 Å². The molecule has 1 heterocycles. The molecule has 1 saturated heterocycles. The number of carboxylic acids is 1. The van der Waals surface area contributed by atoms with E-state index in [1.54, 1.807) is 38.1 Å². The first-order valence-electron chi connectivity index (χ1n) is 9.26. The number of aliphatic carboxylic acids is 1. The van der Waals surface area contributed by atoms with E-state index in [4.69, 9.17) is 16.3 Å². The van der Waals surface area contributed by atoms with Crippen molar-refractivity contribution in [3.05, 3.63) is 65.2 Å². The lowest BCUT2D eigenvalue weighted by Crippen LogP contribution is -2.56. The van der Waals surface area contributed by atoms with Crippen LogP contribution in [-0.4, -0.2) is 38.3 Å². The number of nitrogens with zero attached hydrogens (tertiary/aromatic N) is 1. The van der Waals surface area contributed by atoms with Crippen molar-refractivity contribution < 1.29 is 19.4 Å². The summed E-state index contributed by atoms with van der Waals surface area (Å²) >= 11 is 7.39. The van der Waals surface area contributed by atoms with Gasteiger partial charge in [-0.15, -0.1) is 11.8 Å². The number of thioether (sulfide) groups is 1. The number of carboxylic acid groups (broad SMARTS) is 1. The van der Waals surface area contributed by atoms with E-state index >= 15 is 0 Å². The molecular formula is C22H24ClNO4S. The lowest BCUT2D eigenvalue weighted by atomic mass is 9.98. The van der Waals surface area contributed by atoms with E-state index in [9.17, 15) is 14.7 Å². The fourth-order valence-corrected chi connectivity index (χ4v) is 5.19. The van der Waals surface area contributed by atoms with E-state index in [-0.39, 0.29) is 5.91 Å². The first-order valence-corrected chi connectivity index (χ1v) is 10.5. The highest BCUT2D eigenvalue weighted by Gasteiger charge is 2.56. The second-order valence-corrected chi connectivity index (χ2v) is 10.2. The van der Waals surface area contributed by atoms with Gasteiger partial charge in [0.2, 0.25) is 0 Å². The molecule has 5 nitrogen and oxygen atoms in total. The molecule has 1 amide bonds. The summed E-state index contributed by atoms with van der Waals surface area (Å²) in [6.07, 6.45) is 0. The zero-order valence-electron chi connectivity index (χ0n) is 16.8. The average Bonchev–Trinajstić information content (AvgIpc) is 2.94. The van der Waals surface area contributed by atoms with Crippen LogP contribution in [0.1, 0.15) is 38.6 Å². The maximum absolute atomic E-state index is 13.6. The Balaban J connectivity index is 1.98. The molecule has 3 rings (SSSR count). The molecule has 2 aromatic carbocycles.